The van der Waals surface area contributed by atoms with E-state index in [4.69, 9.17) is 5.11 Å². The maximum absolute atomic E-state index is 12.5. The molecule has 0 amide bonds. The molecule has 4 nitrogen and oxygen atoms in total. The Morgan fingerprint density at radius 1 is 1.33 bits per heavy atom. The average molecular weight is 258 g/mol. The van der Waals surface area contributed by atoms with E-state index in [1.807, 2.05) is 0 Å². The Kier molecular flexibility index (Phi) is 3.08. The summed E-state index contributed by atoms with van der Waals surface area (Å²) in [6.45, 7) is -0.288. The number of alkyl halides is 3. The zero-order chi connectivity index (χ0) is 13.3. The van der Waals surface area contributed by atoms with E-state index < -0.39 is 17.3 Å². The monoisotopic (exact) mass is 258 g/mol. The van der Waals surface area contributed by atoms with E-state index in [9.17, 15) is 18.0 Å². The summed E-state index contributed by atoms with van der Waals surface area (Å²) in [6.07, 6.45) is -3.30. The summed E-state index contributed by atoms with van der Waals surface area (Å²) in [6, 6.07) is 2.81. The smallest absolute Gasteiger partial charge is 0.395 e. The van der Waals surface area contributed by atoms with E-state index >= 15 is 0 Å². The molecule has 0 unspecified atom stereocenters. The number of aromatic nitrogens is 2. The largest absolute Gasteiger partial charge is 0.416 e. The predicted molar refractivity (Wildman–Crippen MR) is 58.1 cm³/mol. The van der Waals surface area contributed by atoms with Gasteiger partial charge in [-0.3, -0.25) is 9.36 Å². The Morgan fingerprint density at radius 3 is 2.67 bits per heavy atom. The van der Waals surface area contributed by atoms with Crippen molar-refractivity contribution >= 4 is 10.9 Å². The zero-order valence-corrected chi connectivity index (χ0v) is 9.11. The minimum atomic E-state index is -4.50. The fourth-order valence-electron chi connectivity index (χ4n) is 1.60. The highest BCUT2D eigenvalue weighted by Gasteiger charge is 2.30. The van der Waals surface area contributed by atoms with E-state index in [1.54, 1.807) is 0 Å². The van der Waals surface area contributed by atoms with Crippen LogP contribution in [0.15, 0.2) is 29.3 Å². The molecule has 0 fully saturated rings. The molecule has 0 aliphatic heterocycles. The average Bonchev–Trinajstić information content (AvgIpc) is 2.31. The van der Waals surface area contributed by atoms with Gasteiger partial charge in [0.1, 0.15) is 0 Å². The van der Waals surface area contributed by atoms with Crippen LogP contribution in [0, 0.1) is 0 Å². The highest BCUT2D eigenvalue weighted by atomic mass is 19.4. The van der Waals surface area contributed by atoms with Gasteiger partial charge in [-0.1, -0.05) is 0 Å². The quantitative estimate of drug-likeness (QED) is 0.886. The number of aliphatic hydroxyl groups excluding tert-OH is 1. The van der Waals surface area contributed by atoms with Crippen LogP contribution in [0.5, 0.6) is 0 Å². The van der Waals surface area contributed by atoms with Crippen LogP contribution in [0.25, 0.3) is 10.9 Å². The molecule has 0 aliphatic rings. The maximum Gasteiger partial charge on any atom is 0.416 e. The zero-order valence-electron chi connectivity index (χ0n) is 9.11. The lowest BCUT2D eigenvalue weighted by Crippen LogP contribution is -2.22. The van der Waals surface area contributed by atoms with Gasteiger partial charge in [0.15, 0.2) is 0 Å². The number of benzene rings is 1. The molecule has 1 aromatic carbocycles. The molecule has 1 heterocycles. The molecule has 1 aromatic heterocycles. The molecule has 96 valence electrons. The molecule has 0 atom stereocenters. The third-order valence-electron chi connectivity index (χ3n) is 2.49. The van der Waals surface area contributed by atoms with E-state index in [0.29, 0.717) is 0 Å². The van der Waals surface area contributed by atoms with Crippen molar-refractivity contribution in [1.82, 2.24) is 9.55 Å². The van der Waals surface area contributed by atoms with Crippen molar-refractivity contribution in [2.24, 2.45) is 0 Å². The molecular weight excluding hydrogens is 249 g/mol. The number of fused-ring (bicyclic) bond motifs is 1. The third-order valence-corrected chi connectivity index (χ3v) is 2.49. The van der Waals surface area contributed by atoms with E-state index in [-0.39, 0.29) is 24.1 Å². The Hall–Kier alpha value is -1.89. The van der Waals surface area contributed by atoms with Gasteiger partial charge in [-0.05, 0) is 18.2 Å². The summed E-state index contributed by atoms with van der Waals surface area (Å²) in [5, 5.41) is 8.62. The Labute approximate surface area is 99.3 Å². The molecule has 0 aliphatic carbocycles. The first-order valence-corrected chi connectivity index (χ1v) is 5.11. The minimum absolute atomic E-state index is 0.00197. The number of halogens is 3. The molecule has 0 saturated heterocycles. The van der Waals surface area contributed by atoms with Gasteiger partial charge >= 0.3 is 6.18 Å². The van der Waals surface area contributed by atoms with Crippen LogP contribution in [0.2, 0.25) is 0 Å². The number of hydrogen-bond donors (Lipinski definition) is 1. The number of nitrogens with zero attached hydrogens (tertiary/aromatic N) is 2. The topological polar surface area (TPSA) is 55.1 Å². The van der Waals surface area contributed by atoms with Crippen LogP contribution in [0.3, 0.4) is 0 Å². The minimum Gasteiger partial charge on any atom is -0.395 e. The summed E-state index contributed by atoms with van der Waals surface area (Å²) in [5.74, 6) is 0. The number of rotatable bonds is 2. The molecular formula is C11H9F3N2O2. The van der Waals surface area contributed by atoms with Crippen molar-refractivity contribution in [3.63, 3.8) is 0 Å². The first-order chi connectivity index (χ1) is 8.43. The summed E-state index contributed by atoms with van der Waals surface area (Å²) in [4.78, 5) is 15.7. The van der Waals surface area contributed by atoms with Crippen LogP contribution in [0.1, 0.15) is 5.56 Å². The first kappa shape index (κ1) is 12.6. The van der Waals surface area contributed by atoms with Gasteiger partial charge in [-0.25, -0.2) is 4.98 Å². The lowest BCUT2D eigenvalue weighted by Gasteiger charge is -2.08. The lowest BCUT2D eigenvalue weighted by atomic mass is 10.1. The van der Waals surface area contributed by atoms with E-state index in [1.165, 1.54) is 6.33 Å². The standard InChI is InChI=1S/C11H9F3N2O2/c12-11(13,14)7-1-2-9-8(5-7)10(18)16(3-4-17)6-15-9/h1-2,5-6,17H,3-4H2. The molecule has 0 radical (unpaired) electrons. The first-order valence-electron chi connectivity index (χ1n) is 5.11. The summed E-state index contributed by atoms with van der Waals surface area (Å²) in [7, 11) is 0. The fraction of sp³-hybridized carbons (Fsp3) is 0.273. The number of hydrogen-bond acceptors (Lipinski definition) is 3. The maximum atomic E-state index is 12.5. The molecule has 2 aromatic rings. The summed E-state index contributed by atoms with van der Waals surface area (Å²) in [5.41, 5.74) is -1.29. The van der Waals surface area contributed by atoms with Crippen molar-refractivity contribution in [1.29, 1.82) is 0 Å². The van der Waals surface area contributed by atoms with Crippen LogP contribution >= 0.6 is 0 Å². The van der Waals surface area contributed by atoms with E-state index in [0.717, 1.165) is 22.8 Å². The fourth-order valence-corrected chi connectivity index (χ4v) is 1.60. The van der Waals surface area contributed by atoms with Crippen LogP contribution < -0.4 is 5.56 Å². The van der Waals surface area contributed by atoms with Crippen molar-refractivity contribution in [3.05, 3.63) is 40.4 Å². The second-order valence-corrected chi connectivity index (χ2v) is 3.70. The molecule has 7 heteroatoms. The van der Waals surface area contributed by atoms with Gasteiger partial charge in [0.2, 0.25) is 0 Å². The van der Waals surface area contributed by atoms with Gasteiger partial charge in [-0.2, -0.15) is 13.2 Å². The van der Waals surface area contributed by atoms with Crippen LogP contribution in [-0.2, 0) is 12.7 Å². The van der Waals surface area contributed by atoms with Crippen LogP contribution in [-0.4, -0.2) is 21.3 Å². The van der Waals surface area contributed by atoms with Crippen molar-refractivity contribution in [3.8, 4) is 0 Å². The molecule has 2 rings (SSSR count). The molecule has 1 N–H and O–H groups in total. The molecule has 0 spiro atoms. The highest BCUT2D eigenvalue weighted by Crippen LogP contribution is 2.30. The summed E-state index contributed by atoms with van der Waals surface area (Å²) < 4.78 is 38.7. The Morgan fingerprint density at radius 2 is 2.06 bits per heavy atom. The predicted octanol–water partition coefficient (Wildman–Crippen LogP) is 1.41. The molecule has 18 heavy (non-hydrogen) atoms. The van der Waals surface area contributed by atoms with Gasteiger partial charge < -0.3 is 5.11 Å². The van der Waals surface area contributed by atoms with Gasteiger partial charge in [0, 0.05) is 0 Å². The highest BCUT2D eigenvalue weighted by molar-refractivity contribution is 5.78. The molecule has 0 bridgehead atoms. The number of aliphatic hydroxyl groups is 1. The second-order valence-electron chi connectivity index (χ2n) is 3.70. The Bertz CT molecular complexity index is 634. The lowest BCUT2D eigenvalue weighted by molar-refractivity contribution is -0.137. The van der Waals surface area contributed by atoms with Crippen molar-refractivity contribution in [2.45, 2.75) is 12.7 Å². The van der Waals surface area contributed by atoms with Gasteiger partial charge in [0.25, 0.3) is 5.56 Å². The van der Waals surface area contributed by atoms with Gasteiger partial charge in [0.05, 0.1) is 35.9 Å². The third kappa shape index (κ3) is 2.21. The normalized spacial score (nSPS) is 12.0. The summed E-state index contributed by atoms with van der Waals surface area (Å²) >= 11 is 0. The van der Waals surface area contributed by atoms with Crippen LogP contribution in [0.4, 0.5) is 13.2 Å². The van der Waals surface area contributed by atoms with E-state index in [2.05, 4.69) is 4.98 Å². The molecule has 0 saturated carbocycles. The Balaban J connectivity index is 2.67. The van der Waals surface area contributed by atoms with Gasteiger partial charge in [-0.15, -0.1) is 0 Å². The SMILES string of the molecule is O=c1c2cc(C(F)(F)F)ccc2ncn1CCO. The van der Waals surface area contributed by atoms with Crippen molar-refractivity contribution < 1.29 is 18.3 Å². The second kappa shape index (κ2) is 4.41. The van der Waals surface area contributed by atoms with Crippen molar-refractivity contribution in [2.75, 3.05) is 6.61 Å².